The highest BCUT2D eigenvalue weighted by Gasteiger charge is 2.36. The number of halogens is 3. The highest BCUT2D eigenvalue weighted by molar-refractivity contribution is 5.57. The number of hydrogen-bond donors (Lipinski definition) is 1. The Labute approximate surface area is 116 Å². The summed E-state index contributed by atoms with van der Waals surface area (Å²) in [5, 5.41) is 9.02. The van der Waals surface area contributed by atoms with Gasteiger partial charge >= 0.3 is 6.18 Å². The lowest BCUT2D eigenvalue weighted by Gasteiger charge is -2.40. The van der Waals surface area contributed by atoms with Crippen molar-refractivity contribution in [3.63, 3.8) is 0 Å². The Kier molecular flexibility index (Phi) is 4.25. The topological polar surface area (TPSA) is 26.7 Å². The third-order valence-electron chi connectivity index (χ3n) is 3.85. The molecule has 0 saturated carbocycles. The maximum Gasteiger partial charge on any atom is 0.418 e. The van der Waals surface area contributed by atoms with Crippen molar-refractivity contribution in [2.75, 3.05) is 31.6 Å². The van der Waals surface area contributed by atoms with Crippen LogP contribution < -0.4 is 4.90 Å². The van der Waals surface area contributed by atoms with E-state index in [4.69, 9.17) is 5.11 Å². The van der Waals surface area contributed by atoms with Crippen LogP contribution in [0.2, 0.25) is 0 Å². The molecule has 1 aromatic carbocycles. The largest absolute Gasteiger partial charge is 0.418 e. The van der Waals surface area contributed by atoms with Gasteiger partial charge in [-0.25, -0.2) is 0 Å². The molecule has 20 heavy (non-hydrogen) atoms. The van der Waals surface area contributed by atoms with E-state index in [1.165, 1.54) is 6.07 Å². The molecule has 0 aliphatic carbocycles. The van der Waals surface area contributed by atoms with Crippen molar-refractivity contribution in [2.24, 2.45) is 0 Å². The lowest BCUT2D eigenvalue weighted by Crippen LogP contribution is -2.50. The highest BCUT2D eigenvalue weighted by Crippen LogP contribution is 2.37. The summed E-state index contributed by atoms with van der Waals surface area (Å²) < 4.78 is 39.5. The summed E-state index contributed by atoms with van der Waals surface area (Å²) in [6, 6.07) is 4.26. The number of alkyl halides is 3. The number of aliphatic hydroxyl groups excluding tert-OH is 1. The van der Waals surface area contributed by atoms with Crippen LogP contribution in [0.15, 0.2) is 18.2 Å². The molecule has 1 aliphatic rings. The van der Waals surface area contributed by atoms with Gasteiger partial charge in [0.2, 0.25) is 0 Å². The summed E-state index contributed by atoms with van der Waals surface area (Å²) in [6.45, 7) is 3.49. The lowest BCUT2D eigenvalue weighted by atomic mass is 10.1. The van der Waals surface area contributed by atoms with E-state index in [1.54, 1.807) is 11.0 Å². The number of likely N-dealkylation sites (N-methyl/N-ethyl adjacent to an activating group) is 1. The fourth-order valence-electron chi connectivity index (χ4n) is 2.45. The number of rotatable bonds is 2. The van der Waals surface area contributed by atoms with E-state index in [0.29, 0.717) is 13.1 Å². The molecular formula is C14H19F3N2O. The van der Waals surface area contributed by atoms with Crippen molar-refractivity contribution >= 4 is 5.69 Å². The SMILES string of the molecule is CC1CN(c2ccc(CO)cc2C(F)(F)F)CCN1C. The molecule has 1 saturated heterocycles. The molecule has 0 aromatic heterocycles. The smallest absolute Gasteiger partial charge is 0.392 e. The highest BCUT2D eigenvalue weighted by atomic mass is 19.4. The molecule has 6 heteroatoms. The van der Waals surface area contributed by atoms with Crippen molar-refractivity contribution in [3.05, 3.63) is 29.3 Å². The van der Waals surface area contributed by atoms with Crippen molar-refractivity contribution in [1.29, 1.82) is 0 Å². The molecule has 1 aromatic rings. The van der Waals surface area contributed by atoms with E-state index in [1.807, 2.05) is 14.0 Å². The van der Waals surface area contributed by atoms with Crippen molar-refractivity contribution in [2.45, 2.75) is 25.7 Å². The van der Waals surface area contributed by atoms with Gasteiger partial charge in [-0.3, -0.25) is 0 Å². The Hall–Kier alpha value is -1.27. The molecule has 112 valence electrons. The average Bonchev–Trinajstić information content (AvgIpc) is 2.40. The van der Waals surface area contributed by atoms with E-state index >= 15 is 0 Å². The number of aliphatic hydroxyl groups is 1. The summed E-state index contributed by atoms with van der Waals surface area (Å²) in [6.07, 6.45) is -4.41. The molecule has 0 bridgehead atoms. The Balaban J connectivity index is 2.36. The first-order valence-corrected chi connectivity index (χ1v) is 6.59. The van der Waals surface area contributed by atoms with Gasteiger partial charge in [0.15, 0.2) is 0 Å². The van der Waals surface area contributed by atoms with E-state index < -0.39 is 11.7 Å². The molecule has 1 fully saturated rings. The van der Waals surface area contributed by atoms with Gasteiger partial charge in [-0.1, -0.05) is 6.07 Å². The van der Waals surface area contributed by atoms with Gasteiger partial charge in [-0.15, -0.1) is 0 Å². The Morgan fingerprint density at radius 2 is 2.00 bits per heavy atom. The Morgan fingerprint density at radius 1 is 1.30 bits per heavy atom. The molecule has 3 nitrogen and oxygen atoms in total. The zero-order chi connectivity index (χ0) is 14.9. The minimum absolute atomic E-state index is 0.203. The molecule has 1 heterocycles. The summed E-state index contributed by atoms with van der Waals surface area (Å²) in [7, 11) is 1.97. The molecular weight excluding hydrogens is 269 g/mol. The fourth-order valence-corrected chi connectivity index (χ4v) is 2.45. The fraction of sp³-hybridized carbons (Fsp3) is 0.571. The van der Waals surface area contributed by atoms with Crippen LogP contribution in [-0.2, 0) is 12.8 Å². The van der Waals surface area contributed by atoms with Crippen LogP contribution in [0.1, 0.15) is 18.1 Å². The van der Waals surface area contributed by atoms with Crippen LogP contribution in [0.25, 0.3) is 0 Å². The predicted molar refractivity (Wildman–Crippen MR) is 71.7 cm³/mol. The molecule has 1 aliphatic heterocycles. The summed E-state index contributed by atoms with van der Waals surface area (Å²) in [5.41, 5.74) is -0.182. The van der Waals surface area contributed by atoms with Gasteiger partial charge in [0.05, 0.1) is 12.2 Å². The zero-order valence-electron chi connectivity index (χ0n) is 11.6. The summed E-state index contributed by atoms with van der Waals surface area (Å²) in [5.74, 6) is 0. The quantitative estimate of drug-likeness (QED) is 0.905. The van der Waals surface area contributed by atoms with E-state index in [2.05, 4.69) is 4.90 Å². The second-order valence-electron chi connectivity index (χ2n) is 5.28. The number of piperazine rings is 1. The van der Waals surface area contributed by atoms with Crippen molar-refractivity contribution < 1.29 is 18.3 Å². The lowest BCUT2D eigenvalue weighted by molar-refractivity contribution is -0.137. The number of anilines is 1. The Bertz CT molecular complexity index is 476. The normalized spacial score (nSPS) is 21.3. The predicted octanol–water partition coefficient (Wildman–Crippen LogP) is 2.34. The van der Waals surface area contributed by atoms with Gasteiger partial charge < -0.3 is 14.9 Å². The maximum absolute atomic E-state index is 13.2. The molecule has 2 rings (SSSR count). The van der Waals surface area contributed by atoms with Crippen LogP contribution in [0.4, 0.5) is 18.9 Å². The van der Waals surface area contributed by atoms with Crippen molar-refractivity contribution in [3.8, 4) is 0 Å². The molecule has 0 spiro atoms. The number of benzene rings is 1. The standard InChI is InChI=1S/C14H19F3N2O/c1-10-8-19(6-5-18(10)2)13-4-3-11(9-20)7-12(13)14(15,16)17/h3-4,7,10,20H,5-6,8-9H2,1-2H3. The van der Waals surface area contributed by atoms with Gasteiger partial charge in [0, 0.05) is 31.4 Å². The summed E-state index contributed by atoms with van der Waals surface area (Å²) >= 11 is 0. The van der Waals surface area contributed by atoms with E-state index in [-0.39, 0.29) is 23.9 Å². The number of hydrogen-bond acceptors (Lipinski definition) is 3. The second kappa shape index (κ2) is 5.61. The summed E-state index contributed by atoms with van der Waals surface area (Å²) in [4.78, 5) is 3.90. The second-order valence-corrected chi connectivity index (χ2v) is 5.28. The van der Waals surface area contributed by atoms with Crippen LogP contribution >= 0.6 is 0 Å². The average molecular weight is 288 g/mol. The first-order valence-electron chi connectivity index (χ1n) is 6.59. The zero-order valence-corrected chi connectivity index (χ0v) is 11.6. The molecule has 0 amide bonds. The monoisotopic (exact) mass is 288 g/mol. The number of nitrogens with zero attached hydrogens (tertiary/aromatic N) is 2. The van der Waals surface area contributed by atoms with Crippen LogP contribution in [0.3, 0.4) is 0 Å². The van der Waals surface area contributed by atoms with Gasteiger partial charge in [-0.2, -0.15) is 13.2 Å². The first-order chi connectivity index (χ1) is 9.32. The maximum atomic E-state index is 13.2. The van der Waals surface area contributed by atoms with Crippen LogP contribution in [0.5, 0.6) is 0 Å². The van der Waals surface area contributed by atoms with Crippen LogP contribution in [-0.4, -0.2) is 42.7 Å². The minimum Gasteiger partial charge on any atom is -0.392 e. The molecule has 0 radical (unpaired) electrons. The third kappa shape index (κ3) is 3.07. The van der Waals surface area contributed by atoms with Crippen molar-refractivity contribution in [1.82, 2.24) is 4.90 Å². The third-order valence-corrected chi connectivity index (χ3v) is 3.85. The molecule has 1 N–H and O–H groups in total. The first kappa shape index (κ1) is 15.1. The molecule has 1 unspecified atom stereocenters. The van der Waals surface area contributed by atoms with E-state index in [9.17, 15) is 13.2 Å². The molecule has 1 atom stereocenters. The van der Waals surface area contributed by atoms with E-state index in [0.717, 1.165) is 12.6 Å². The minimum atomic E-state index is -4.41. The van der Waals surface area contributed by atoms with Gasteiger partial charge in [0.25, 0.3) is 0 Å². The Morgan fingerprint density at radius 3 is 2.55 bits per heavy atom. The van der Waals surface area contributed by atoms with Crippen LogP contribution in [0, 0.1) is 0 Å². The van der Waals surface area contributed by atoms with Gasteiger partial charge in [0.1, 0.15) is 0 Å². The van der Waals surface area contributed by atoms with Gasteiger partial charge in [-0.05, 0) is 31.7 Å².